The molecule has 1 unspecified atom stereocenters. The van der Waals surface area contributed by atoms with E-state index in [0.717, 1.165) is 25.7 Å². The van der Waals surface area contributed by atoms with Gasteiger partial charge in [-0.3, -0.25) is 4.79 Å². The zero-order valence-electron chi connectivity index (χ0n) is 11.3. The van der Waals surface area contributed by atoms with E-state index in [1.54, 1.807) is 0 Å². The maximum absolute atomic E-state index is 11.6. The third kappa shape index (κ3) is 7.44. The molecule has 0 heterocycles. The Morgan fingerprint density at radius 3 is 2.06 bits per heavy atom. The van der Waals surface area contributed by atoms with E-state index in [9.17, 15) is 9.90 Å². The van der Waals surface area contributed by atoms with Crippen LogP contribution in [0.3, 0.4) is 0 Å². The first kappa shape index (κ1) is 15.2. The van der Waals surface area contributed by atoms with Crippen LogP contribution in [0.1, 0.15) is 64.2 Å². The molecule has 1 aliphatic carbocycles. The van der Waals surface area contributed by atoms with Crippen LogP contribution >= 0.6 is 0 Å². The Kier molecular flexibility index (Phi) is 8.49. The second-order valence-corrected chi connectivity index (χ2v) is 5.03. The summed E-state index contributed by atoms with van der Waals surface area (Å²) in [5.74, 6) is -0.0138. The van der Waals surface area contributed by atoms with Crippen LogP contribution in [0, 0.1) is 0 Å². The van der Waals surface area contributed by atoms with Gasteiger partial charge in [0.2, 0.25) is 0 Å². The average molecular weight is 250 g/mol. The number of Topliss-reactive ketones (excluding diaryl/α,β-unsaturated/α-hetero) is 1. The minimum atomic E-state index is -0.768. The first-order valence-electron chi connectivity index (χ1n) is 7.31. The quantitative estimate of drug-likeness (QED) is 0.661. The number of rotatable bonds is 0. The molecular weight excluding hydrogens is 224 g/mol. The molecule has 2 nitrogen and oxygen atoms in total. The predicted octanol–water partition coefficient (Wildman–Crippen LogP) is 3.94. The number of allylic oxidation sites excluding steroid dienone is 4. The standard InChI is InChI=1S/C16H26O2/c17-15-13-11-9-7-5-3-1-2-4-6-8-10-12-14-16(15)18/h7-10,15,17H,1-6,11-14H2. The second kappa shape index (κ2) is 10.1. The van der Waals surface area contributed by atoms with Gasteiger partial charge in [0.15, 0.2) is 5.78 Å². The predicted molar refractivity (Wildman–Crippen MR) is 75.5 cm³/mol. The van der Waals surface area contributed by atoms with Crippen LogP contribution in [0.2, 0.25) is 0 Å². The van der Waals surface area contributed by atoms with Gasteiger partial charge in [0.1, 0.15) is 6.10 Å². The third-order valence-electron chi connectivity index (χ3n) is 3.36. The van der Waals surface area contributed by atoms with Crippen molar-refractivity contribution in [1.29, 1.82) is 0 Å². The molecule has 0 aromatic rings. The van der Waals surface area contributed by atoms with Crippen molar-refractivity contribution in [2.75, 3.05) is 0 Å². The molecule has 1 N–H and O–H groups in total. The molecule has 0 bridgehead atoms. The molecule has 0 saturated heterocycles. The van der Waals surface area contributed by atoms with Crippen LogP contribution in [-0.2, 0) is 4.79 Å². The van der Waals surface area contributed by atoms with Crippen LogP contribution in [0.15, 0.2) is 24.3 Å². The first-order valence-corrected chi connectivity index (χ1v) is 7.31. The summed E-state index contributed by atoms with van der Waals surface area (Å²) in [6.45, 7) is 0. The highest BCUT2D eigenvalue weighted by Crippen LogP contribution is 2.09. The fourth-order valence-electron chi connectivity index (χ4n) is 2.16. The summed E-state index contributed by atoms with van der Waals surface area (Å²) in [5.41, 5.74) is 0. The fraction of sp³-hybridized carbons (Fsp3) is 0.688. The lowest BCUT2D eigenvalue weighted by Gasteiger charge is -2.07. The number of hydrogen-bond acceptors (Lipinski definition) is 2. The Bertz CT molecular complexity index is 279. The van der Waals surface area contributed by atoms with Crippen molar-refractivity contribution < 1.29 is 9.90 Å². The normalized spacial score (nSPS) is 25.2. The van der Waals surface area contributed by atoms with E-state index in [1.165, 1.54) is 25.7 Å². The van der Waals surface area contributed by atoms with Crippen LogP contribution < -0.4 is 0 Å². The van der Waals surface area contributed by atoms with Crippen LogP contribution in [0.4, 0.5) is 0 Å². The number of ketones is 1. The summed E-state index contributed by atoms with van der Waals surface area (Å²) in [6, 6.07) is 0. The molecule has 18 heavy (non-hydrogen) atoms. The number of hydrogen-bond donors (Lipinski definition) is 1. The van der Waals surface area contributed by atoms with Gasteiger partial charge in [-0.1, -0.05) is 37.1 Å². The van der Waals surface area contributed by atoms with E-state index in [2.05, 4.69) is 24.3 Å². The lowest BCUT2D eigenvalue weighted by atomic mass is 10.0. The van der Waals surface area contributed by atoms with Crippen molar-refractivity contribution in [3.05, 3.63) is 24.3 Å². The zero-order valence-corrected chi connectivity index (χ0v) is 11.3. The van der Waals surface area contributed by atoms with Gasteiger partial charge in [0, 0.05) is 6.42 Å². The lowest BCUT2D eigenvalue weighted by Crippen LogP contribution is -2.19. The van der Waals surface area contributed by atoms with E-state index in [1.807, 2.05) is 0 Å². The topological polar surface area (TPSA) is 37.3 Å². The molecule has 0 fully saturated rings. The fourth-order valence-corrected chi connectivity index (χ4v) is 2.16. The summed E-state index contributed by atoms with van der Waals surface area (Å²) >= 11 is 0. The van der Waals surface area contributed by atoms with E-state index in [0.29, 0.717) is 12.8 Å². The third-order valence-corrected chi connectivity index (χ3v) is 3.36. The van der Waals surface area contributed by atoms with Gasteiger partial charge in [-0.2, -0.15) is 0 Å². The molecule has 2 heteroatoms. The number of carbonyl (C=O) groups is 1. The zero-order chi connectivity index (χ0) is 13.1. The SMILES string of the molecule is O=C1CCC=CCCCCCCC=CCCC1O. The molecule has 1 aliphatic rings. The minimum Gasteiger partial charge on any atom is -0.385 e. The molecule has 102 valence electrons. The van der Waals surface area contributed by atoms with E-state index >= 15 is 0 Å². The number of aliphatic hydroxyl groups is 1. The molecule has 0 saturated carbocycles. The van der Waals surface area contributed by atoms with Crippen molar-refractivity contribution in [3.63, 3.8) is 0 Å². The molecule has 0 aromatic carbocycles. The molecule has 0 radical (unpaired) electrons. The van der Waals surface area contributed by atoms with E-state index in [-0.39, 0.29) is 5.78 Å². The van der Waals surface area contributed by atoms with Crippen LogP contribution in [0.25, 0.3) is 0 Å². The van der Waals surface area contributed by atoms with Crippen molar-refractivity contribution in [1.82, 2.24) is 0 Å². The monoisotopic (exact) mass is 250 g/mol. The minimum absolute atomic E-state index is 0.0138. The second-order valence-electron chi connectivity index (χ2n) is 5.03. The number of aliphatic hydroxyl groups excluding tert-OH is 1. The smallest absolute Gasteiger partial charge is 0.161 e. The Hall–Kier alpha value is -0.890. The Balaban J connectivity index is 2.36. The molecule has 1 rings (SSSR count). The molecule has 0 aliphatic heterocycles. The van der Waals surface area contributed by atoms with E-state index < -0.39 is 6.10 Å². The average Bonchev–Trinajstić information content (AvgIpc) is 2.37. The Morgan fingerprint density at radius 1 is 0.833 bits per heavy atom. The van der Waals surface area contributed by atoms with Gasteiger partial charge >= 0.3 is 0 Å². The van der Waals surface area contributed by atoms with Gasteiger partial charge in [-0.05, 0) is 44.9 Å². The van der Waals surface area contributed by atoms with Crippen molar-refractivity contribution in [2.45, 2.75) is 70.3 Å². The summed E-state index contributed by atoms with van der Waals surface area (Å²) < 4.78 is 0. The molecule has 0 spiro atoms. The lowest BCUT2D eigenvalue weighted by molar-refractivity contribution is -0.127. The van der Waals surface area contributed by atoms with Gasteiger partial charge in [0.05, 0.1) is 0 Å². The van der Waals surface area contributed by atoms with Gasteiger partial charge in [0.25, 0.3) is 0 Å². The largest absolute Gasteiger partial charge is 0.385 e. The Labute approximate surface area is 111 Å². The van der Waals surface area contributed by atoms with Gasteiger partial charge < -0.3 is 5.11 Å². The maximum atomic E-state index is 11.6. The van der Waals surface area contributed by atoms with Crippen LogP contribution in [0.5, 0.6) is 0 Å². The Morgan fingerprint density at radius 2 is 1.39 bits per heavy atom. The maximum Gasteiger partial charge on any atom is 0.161 e. The van der Waals surface area contributed by atoms with Crippen LogP contribution in [-0.4, -0.2) is 17.0 Å². The first-order chi connectivity index (χ1) is 8.80. The highest BCUT2D eigenvalue weighted by Gasteiger charge is 2.12. The van der Waals surface area contributed by atoms with Crippen molar-refractivity contribution >= 4 is 5.78 Å². The van der Waals surface area contributed by atoms with Crippen molar-refractivity contribution in [3.8, 4) is 0 Å². The molecule has 0 amide bonds. The highest BCUT2D eigenvalue weighted by molar-refractivity contribution is 5.82. The highest BCUT2D eigenvalue weighted by atomic mass is 16.3. The van der Waals surface area contributed by atoms with Gasteiger partial charge in [-0.25, -0.2) is 0 Å². The summed E-state index contributed by atoms with van der Waals surface area (Å²) in [5, 5.41) is 9.68. The molecule has 1 atom stereocenters. The molecular formula is C16H26O2. The summed E-state index contributed by atoms with van der Waals surface area (Å²) in [6.07, 6.45) is 17.7. The summed E-state index contributed by atoms with van der Waals surface area (Å²) in [7, 11) is 0. The van der Waals surface area contributed by atoms with Gasteiger partial charge in [-0.15, -0.1) is 0 Å². The number of carbonyl (C=O) groups excluding carboxylic acids is 1. The summed E-state index contributed by atoms with van der Waals surface area (Å²) in [4.78, 5) is 11.6. The molecule has 0 aromatic heterocycles. The van der Waals surface area contributed by atoms with Crippen molar-refractivity contribution in [2.24, 2.45) is 0 Å². The van der Waals surface area contributed by atoms with E-state index in [4.69, 9.17) is 0 Å².